The van der Waals surface area contributed by atoms with Gasteiger partial charge in [-0.15, -0.1) is 0 Å². The van der Waals surface area contributed by atoms with E-state index in [-0.39, 0.29) is 0 Å². The van der Waals surface area contributed by atoms with Gasteiger partial charge in [0.25, 0.3) is 0 Å². The summed E-state index contributed by atoms with van der Waals surface area (Å²) >= 11 is 0. The molecule has 0 aliphatic heterocycles. The Morgan fingerprint density at radius 1 is 1.10 bits per heavy atom. The normalized spacial score (nSPS) is 10.8. The van der Waals surface area contributed by atoms with Crippen LogP contribution in [0.3, 0.4) is 0 Å². The molecule has 0 saturated heterocycles. The minimum atomic E-state index is 0.462. The van der Waals surface area contributed by atoms with Crippen molar-refractivity contribution in [2.45, 2.75) is 39.8 Å². The summed E-state index contributed by atoms with van der Waals surface area (Å²) in [5.41, 5.74) is 1.18. The number of nitrogens with one attached hydrogen (secondary N) is 1. The molecule has 0 aliphatic carbocycles. The lowest BCUT2D eigenvalue weighted by molar-refractivity contribution is 0.0995. The van der Waals surface area contributed by atoms with Crippen LogP contribution in [-0.4, -0.2) is 33.0 Å². The fourth-order valence-electron chi connectivity index (χ4n) is 1.72. The number of hydrogen-bond donors (Lipinski definition) is 1. The van der Waals surface area contributed by atoms with Crippen LogP contribution >= 0.6 is 0 Å². The molecule has 1 aromatic carbocycles. The molecule has 0 fully saturated rings. The maximum Gasteiger partial charge on any atom is 0.161 e. The van der Waals surface area contributed by atoms with Crippen LogP contribution in [0.1, 0.15) is 32.8 Å². The Morgan fingerprint density at radius 3 is 2.55 bits per heavy atom. The van der Waals surface area contributed by atoms with Gasteiger partial charge in [0.1, 0.15) is 6.61 Å². The molecule has 114 valence electrons. The first-order chi connectivity index (χ1) is 9.67. The molecule has 4 nitrogen and oxygen atoms in total. The predicted octanol–water partition coefficient (Wildman–Crippen LogP) is 3.00. The van der Waals surface area contributed by atoms with E-state index in [0.717, 1.165) is 31.1 Å². The monoisotopic (exact) mass is 281 g/mol. The van der Waals surface area contributed by atoms with E-state index in [1.165, 1.54) is 5.56 Å². The lowest BCUT2D eigenvalue weighted by atomic mass is 10.2. The molecule has 0 saturated carbocycles. The van der Waals surface area contributed by atoms with Gasteiger partial charge >= 0.3 is 0 Å². The van der Waals surface area contributed by atoms with Gasteiger partial charge in [-0.2, -0.15) is 0 Å². The lowest BCUT2D eigenvalue weighted by Gasteiger charge is -2.13. The SMILES string of the molecule is CCCOCCOc1cc(CNC(C)C)ccc1OC. The molecule has 1 N–H and O–H groups in total. The van der Waals surface area contributed by atoms with Gasteiger partial charge in [0.05, 0.1) is 13.7 Å². The molecular formula is C16H27NO3. The zero-order valence-corrected chi connectivity index (χ0v) is 13.1. The van der Waals surface area contributed by atoms with Crippen molar-refractivity contribution in [1.82, 2.24) is 5.32 Å². The quantitative estimate of drug-likeness (QED) is 0.669. The summed E-state index contributed by atoms with van der Waals surface area (Å²) in [6.45, 7) is 9.10. The summed E-state index contributed by atoms with van der Waals surface area (Å²) < 4.78 is 16.5. The first kappa shape index (κ1) is 16.8. The first-order valence-corrected chi connectivity index (χ1v) is 7.28. The van der Waals surface area contributed by atoms with Gasteiger partial charge in [0, 0.05) is 19.2 Å². The Kier molecular flexibility index (Phi) is 8.07. The molecule has 0 bridgehead atoms. The third kappa shape index (κ3) is 6.26. The lowest BCUT2D eigenvalue weighted by Crippen LogP contribution is -2.21. The molecule has 0 aromatic heterocycles. The fraction of sp³-hybridized carbons (Fsp3) is 0.625. The Labute approximate surface area is 122 Å². The molecule has 4 heteroatoms. The Bertz CT molecular complexity index is 380. The van der Waals surface area contributed by atoms with E-state index < -0.39 is 0 Å². The van der Waals surface area contributed by atoms with Gasteiger partial charge in [0.2, 0.25) is 0 Å². The summed E-state index contributed by atoms with van der Waals surface area (Å²) in [6.07, 6.45) is 1.03. The van der Waals surface area contributed by atoms with E-state index in [4.69, 9.17) is 14.2 Å². The summed E-state index contributed by atoms with van der Waals surface area (Å²) in [6, 6.07) is 6.48. The van der Waals surface area contributed by atoms with Gasteiger partial charge in [-0.05, 0) is 24.1 Å². The maximum absolute atomic E-state index is 5.74. The molecular weight excluding hydrogens is 254 g/mol. The van der Waals surface area contributed by atoms with Crippen LogP contribution in [-0.2, 0) is 11.3 Å². The van der Waals surface area contributed by atoms with E-state index in [2.05, 4.69) is 32.2 Å². The summed E-state index contributed by atoms with van der Waals surface area (Å²) in [4.78, 5) is 0. The Hall–Kier alpha value is -1.26. The van der Waals surface area contributed by atoms with Crippen molar-refractivity contribution >= 4 is 0 Å². The number of benzene rings is 1. The number of rotatable bonds is 10. The van der Waals surface area contributed by atoms with E-state index in [0.29, 0.717) is 19.3 Å². The van der Waals surface area contributed by atoms with Gasteiger partial charge in [-0.3, -0.25) is 0 Å². The number of ether oxygens (including phenoxy) is 3. The average Bonchev–Trinajstić information content (AvgIpc) is 2.45. The minimum Gasteiger partial charge on any atom is -0.493 e. The van der Waals surface area contributed by atoms with E-state index in [1.54, 1.807) is 7.11 Å². The van der Waals surface area contributed by atoms with Gasteiger partial charge in [0.15, 0.2) is 11.5 Å². The molecule has 0 aliphatic rings. The highest BCUT2D eigenvalue weighted by Gasteiger charge is 2.06. The van der Waals surface area contributed by atoms with E-state index in [9.17, 15) is 0 Å². The maximum atomic E-state index is 5.74. The van der Waals surface area contributed by atoms with Crippen molar-refractivity contribution in [2.75, 3.05) is 26.9 Å². The average molecular weight is 281 g/mol. The van der Waals surface area contributed by atoms with Crippen molar-refractivity contribution in [3.63, 3.8) is 0 Å². The number of hydrogen-bond acceptors (Lipinski definition) is 4. The van der Waals surface area contributed by atoms with Crippen molar-refractivity contribution in [2.24, 2.45) is 0 Å². The van der Waals surface area contributed by atoms with Crippen LogP contribution in [0.4, 0.5) is 0 Å². The van der Waals surface area contributed by atoms with Crippen molar-refractivity contribution < 1.29 is 14.2 Å². The molecule has 1 rings (SSSR count). The van der Waals surface area contributed by atoms with Crippen molar-refractivity contribution in [3.8, 4) is 11.5 Å². The summed E-state index contributed by atoms with van der Waals surface area (Å²) in [7, 11) is 1.65. The summed E-state index contributed by atoms with van der Waals surface area (Å²) in [5, 5.41) is 3.39. The Morgan fingerprint density at radius 2 is 1.90 bits per heavy atom. The first-order valence-electron chi connectivity index (χ1n) is 7.28. The van der Waals surface area contributed by atoms with Crippen molar-refractivity contribution in [3.05, 3.63) is 23.8 Å². The molecule has 20 heavy (non-hydrogen) atoms. The third-order valence-corrected chi connectivity index (χ3v) is 2.78. The molecule has 0 heterocycles. The second kappa shape index (κ2) is 9.61. The molecule has 1 aromatic rings. The van der Waals surface area contributed by atoms with Crippen LogP contribution in [0.5, 0.6) is 11.5 Å². The summed E-state index contributed by atoms with van der Waals surface area (Å²) in [5.74, 6) is 1.53. The van der Waals surface area contributed by atoms with Crippen LogP contribution in [0, 0.1) is 0 Å². The van der Waals surface area contributed by atoms with Crippen molar-refractivity contribution in [1.29, 1.82) is 0 Å². The second-order valence-electron chi connectivity index (χ2n) is 4.98. The Balaban J connectivity index is 2.54. The minimum absolute atomic E-state index is 0.462. The van der Waals surface area contributed by atoms with Gasteiger partial charge in [-0.25, -0.2) is 0 Å². The molecule has 0 unspecified atom stereocenters. The highest BCUT2D eigenvalue weighted by atomic mass is 16.5. The van der Waals surface area contributed by atoms with Gasteiger partial charge in [-0.1, -0.05) is 26.8 Å². The standard InChI is InChI=1S/C16H27NO3/c1-5-8-19-9-10-20-16-11-14(12-17-13(2)3)6-7-15(16)18-4/h6-7,11,13,17H,5,8-10,12H2,1-4H3. The third-order valence-electron chi connectivity index (χ3n) is 2.78. The second-order valence-corrected chi connectivity index (χ2v) is 4.98. The molecule has 0 spiro atoms. The van der Waals surface area contributed by atoms with E-state index in [1.807, 2.05) is 12.1 Å². The van der Waals surface area contributed by atoms with Crippen LogP contribution < -0.4 is 14.8 Å². The van der Waals surface area contributed by atoms with Gasteiger partial charge < -0.3 is 19.5 Å². The largest absolute Gasteiger partial charge is 0.493 e. The van der Waals surface area contributed by atoms with Crippen LogP contribution in [0.15, 0.2) is 18.2 Å². The number of methoxy groups -OCH3 is 1. The smallest absolute Gasteiger partial charge is 0.161 e. The topological polar surface area (TPSA) is 39.7 Å². The zero-order valence-electron chi connectivity index (χ0n) is 13.1. The van der Waals surface area contributed by atoms with E-state index >= 15 is 0 Å². The molecule has 0 radical (unpaired) electrons. The predicted molar refractivity (Wildman–Crippen MR) is 81.6 cm³/mol. The van der Waals surface area contributed by atoms with Crippen LogP contribution in [0.25, 0.3) is 0 Å². The van der Waals surface area contributed by atoms with Crippen LogP contribution in [0.2, 0.25) is 0 Å². The fourth-order valence-corrected chi connectivity index (χ4v) is 1.72. The highest BCUT2D eigenvalue weighted by Crippen LogP contribution is 2.28. The highest BCUT2D eigenvalue weighted by molar-refractivity contribution is 5.42. The zero-order chi connectivity index (χ0) is 14.8. The molecule has 0 atom stereocenters. The molecule has 0 amide bonds.